The lowest BCUT2D eigenvalue weighted by atomic mass is 10.0. The Balaban J connectivity index is 2.77. The fourth-order valence-electron chi connectivity index (χ4n) is 1.73. The van der Waals surface area contributed by atoms with Gasteiger partial charge in [0.1, 0.15) is 0 Å². The van der Waals surface area contributed by atoms with Crippen LogP contribution in [0.3, 0.4) is 0 Å². The van der Waals surface area contributed by atoms with Crippen LogP contribution in [0.4, 0.5) is 5.69 Å². The van der Waals surface area contributed by atoms with E-state index in [0.29, 0.717) is 17.7 Å². The van der Waals surface area contributed by atoms with E-state index in [4.69, 9.17) is 0 Å². The van der Waals surface area contributed by atoms with Crippen molar-refractivity contribution in [3.8, 4) is 0 Å². The highest BCUT2D eigenvalue weighted by molar-refractivity contribution is 6.08. The zero-order chi connectivity index (χ0) is 14.4. The number of carbonyl (C=O) groups is 1. The molecule has 0 aliphatic carbocycles. The number of nitro groups is 1. The molecule has 0 aromatic heterocycles. The predicted octanol–water partition coefficient (Wildman–Crippen LogP) is 2.68. The summed E-state index contributed by atoms with van der Waals surface area (Å²) in [5.41, 5.74) is 0.909. The van der Waals surface area contributed by atoms with Gasteiger partial charge in [-0.05, 0) is 25.2 Å². The van der Waals surface area contributed by atoms with Crippen LogP contribution in [0, 0.1) is 10.1 Å². The smallest absolute Gasteiger partial charge is 0.269 e. The maximum atomic E-state index is 12.1. The van der Waals surface area contributed by atoms with Crippen molar-refractivity contribution in [1.82, 2.24) is 4.90 Å². The number of rotatable bonds is 7. The Morgan fingerprint density at radius 3 is 2.21 bits per heavy atom. The average Bonchev–Trinajstić information content (AvgIpc) is 2.43. The molecule has 1 rings (SSSR count). The highest BCUT2D eigenvalue weighted by Gasteiger charge is 2.14. The molecule has 0 aliphatic heterocycles. The third-order valence-corrected chi connectivity index (χ3v) is 2.97. The van der Waals surface area contributed by atoms with E-state index < -0.39 is 4.92 Å². The van der Waals surface area contributed by atoms with Crippen LogP contribution in [-0.2, 0) is 0 Å². The highest BCUT2D eigenvalue weighted by Crippen LogP contribution is 2.14. The lowest BCUT2D eigenvalue weighted by Crippen LogP contribution is -2.27. The minimum atomic E-state index is -0.487. The largest absolute Gasteiger partial charge is 0.300 e. The normalized spacial score (nSPS) is 10.5. The Bertz CT molecular complexity index is 476. The summed E-state index contributed by atoms with van der Waals surface area (Å²) < 4.78 is 0. The fraction of sp³-hybridized carbons (Fsp3) is 0.357. The third-order valence-electron chi connectivity index (χ3n) is 2.97. The SMILES string of the molecule is C=C(CN(CC)CC)C(=O)c1ccc([N+](=O)[O-])cc1. The van der Waals surface area contributed by atoms with Gasteiger partial charge in [-0.3, -0.25) is 19.8 Å². The van der Waals surface area contributed by atoms with E-state index in [9.17, 15) is 14.9 Å². The fourth-order valence-corrected chi connectivity index (χ4v) is 1.73. The molecule has 19 heavy (non-hydrogen) atoms. The first kappa shape index (κ1) is 15.0. The van der Waals surface area contributed by atoms with Crippen molar-refractivity contribution in [3.63, 3.8) is 0 Å². The van der Waals surface area contributed by atoms with E-state index in [1.54, 1.807) is 0 Å². The van der Waals surface area contributed by atoms with Crippen molar-refractivity contribution in [1.29, 1.82) is 0 Å². The van der Waals surface area contributed by atoms with Gasteiger partial charge in [0.25, 0.3) is 5.69 Å². The number of nitrogens with zero attached hydrogens (tertiary/aromatic N) is 2. The van der Waals surface area contributed by atoms with Crippen LogP contribution in [-0.4, -0.2) is 35.2 Å². The Morgan fingerprint density at radius 2 is 1.79 bits per heavy atom. The molecular weight excluding hydrogens is 244 g/mol. The van der Waals surface area contributed by atoms with Gasteiger partial charge in [0.2, 0.25) is 0 Å². The molecule has 1 aromatic carbocycles. The van der Waals surface area contributed by atoms with Crippen LogP contribution in [0.25, 0.3) is 0 Å². The molecule has 0 amide bonds. The Kier molecular flexibility index (Phi) is 5.38. The quantitative estimate of drug-likeness (QED) is 0.328. The van der Waals surface area contributed by atoms with E-state index >= 15 is 0 Å². The molecule has 0 bridgehead atoms. The van der Waals surface area contributed by atoms with Crippen molar-refractivity contribution in [2.24, 2.45) is 0 Å². The number of carbonyl (C=O) groups excluding carboxylic acids is 1. The second-order valence-electron chi connectivity index (χ2n) is 4.20. The van der Waals surface area contributed by atoms with E-state index in [-0.39, 0.29) is 11.5 Å². The Morgan fingerprint density at radius 1 is 1.26 bits per heavy atom. The molecule has 0 N–H and O–H groups in total. The number of ketones is 1. The van der Waals surface area contributed by atoms with Crippen LogP contribution in [0.1, 0.15) is 24.2 Å². The van der Waals surface area contributed by atoms with Crippen LogP contribution in [0.15, 0.2) is 36.4 Å². The lowest BCUT2D eigenvalue weighted by molar-refractivity contribution is -0.384. The molecule has 0 saturated heterocycles. The summed E-state index contributed by atoms with van der Waals surface area (Å²) in [6, 6.07) is 5.59. The second kappa shape index (κ2) is 6.80. The third kappa shape index (κ3) is 3.99. The number of hydrogen-bond acceptors (Lipinski definition) is 4. The molecule has 0 unspecified atom stereocenters. The first-order chi connectivity index (χ1) is 8.99. The van der Waals surface area contributed by atoms with Gasteiger partial charge in [-0.15, -0.1) is 0 Å². The molecule has 0 spiro atoms. The van der Waals surface area contributed by atoms with Crippen LogP contribution in [0.2, 0.25) is 0 Å². The molecule has 0 aliphatic rings. The summed E-state index contributed by atoms with van der Waals surface area (Å²) >= 11 is 0. The number of benzene rings is 1. The van der Waals surface area contributed by atoms with Crippen molar-refractivity contribution in [2.45, 2.75) is 13.8 Å². The minimum Gasteiger partial charge on any atom is -0.300 e. The summed E-state index contributed by atoms with van der Waals surface area (Å²) in [6.45, 7) is 10.1. The summed E-state index contributed by atoms with van der Waals surface area (Å²) in [5.74, 6) is -0.165. The summed E-state index contributed by atoms with van der Waals surface area (Å²) in [6.07, 6.45) is 0. The highest BCUT2D eigenvalue weighted by atomic mass is 16.6. The molecular formula is C14H18N2O3. The van der Waals surface area contributed by atoms with Gasteiger partial charge in [-0.1, -0.05) is 20.4 Å². The number of hydrogen-bond donors (Lipinski definition) is 0. The first-order valence-corrected chi connectivity index (χ1v) is 6.18. The lowest BCUT2D eigenvalue weighted by Gasteiger charge is -2.18. The van der Waals surface area contributed by atoms with Gasteiger partial charge in [0, 0.05) is 29.8 Å². The summed E-state index contributed by atoms with van der Waals surface area (Å²) in [5, 5.41) is 10.5. The molecule has 0 saturated carbocycles. The van der Waals surface area contributed by atoms with Crippen LogP contribution < -0.4 is 0 Å². The topological polar surface area (TPSA) is 63.5 Å². The summed E-state index contributed by atoms with van der Waals surface area (Å²) in [4.78, 5) is 24.2. The number of non-ortho nitro benzene ring substituents is 1. The monoisotopic (exact) mass is 262 g/mol. The molecule has 5 nitrogen and oxygen atoms in total. The predicted molar refractivity (Wildman–Crippen MR) is 74.4 cm³/mol. The van der Waals surface area contributed by atoms with Gasteiger partial charge in [0.15, 0.2) is 5.78 Å². The van der Waals surface area contributed by atoms with Crippen molar-refractivity contribution in [2.75, 3.05) is 19.6 Å². The average molecular weight is 262 g/mol. The summed E-state index contributed by atoms with van der Waals surface area (Å²) in [7, 11) is 0. The van der Waals surface area contributed by atoms with E-state index in [2.05, 4.69) is 11.5 Å². The molecule has 0 heterocycles. The molecule has 0 fully saturated rings. The van der Waals surface area contributed by atoms with Crippen molar-refractivity contribution < 1.29 is 9.72 Å². The van der Waals surface area contributed by atoms with E-state index in [1.807, 2.05) is 13.8 Å². The zero-order valence-electron chi connectivity index (χ0n) is 11.3. The van der Waals surface area contributed by atoms with E-state index in [0.717, 1.165) is 13.1 Å². The van der Waals surface area contributed by atoms with Crippen molar-refractivity contribution >= 4 is 11.5 Å². The van der Waals surface area contributed by atoms with Gasteiger partial charge < -0.3 is 0 Å². The van der Waals surface area contributed by atoms with Gasteiger partial charge in [-0.2, -0.15) is 0 Å². The molecule has 102 valence electrons. The number of Topliss-reactive ketones (excluding diaryl/α,β-unsaturated/α-hetero) is 1. The molecule has 1 aromatic rings. The Hall–Kier alpha value is -2.01. The molecule has 0 atom stereocenters. The second-order valence-corrected chi connectivity index (χ2v) is 4.20. The standard InChI is InChI=1S/C14H18N2O3/c1-4-15(5-2)10-11(3)14(17)12-6-8-13(9-7-12)16(18)19/h6-9H,3-5,10H2,1-2H3. The maximum absolute atomic E-state index is 12.1. The Labute approximate surface area is 112 Å². The van der Waals surface area contributed by atoms with Crippen molar-refractivity contribution in [3.05, 3.63) is 52.1 Å². The first-order valence-electron chi connectivity index (χ1n) is 6.18. The van der Waals surface area contributed by atoms with Gasteiger partial charge in [0.05, 0.1) is 4.92 Å². The minimum absolute atomic E-state index is 0.0223. The molecule has 0 radical (unpaired) electrons. The van der Waals surface area contributed by atoms with Crippen LogP contribution >= 0.6 is 0 Å². The zero-order valence-corrected chi connectivity index (χ0v) is 11.3. The number of likely N-dealkylation sites (N-methyl/N-ethyl adjacent to an activating group) is 1. The molecule has 5 heteroatoms. The van der Waals surface area contributed by atoms with Crippen LogP contribution in [0.5, 0.6) is 0 Å². The van der Waals surface area contributed by atoms with Gasteiger partial charge in [-0.25, -0.2) is 0 Å². The maximum Gasteiger partial charge on any atom is 0.269 e. The van der Waals surface area contributed by atoms with Gasteiger partial charge >= 0.3 is 0 Å². The number of nitro benzene ring substituents is 1. The van der Waals surface area contributed by atoms with E-state index in [1.165, 1.54) is 24.3 Å².